The third kappa shape index (κ3) is 4.84. The summed E-state index contributed by atoms with van der Waals surface area (Å²) in [4.78, 5) is 24.9. The predicted molar refractivity (Wildman–Crippen MR) is 151 cm³/mol. The van der Waals surface area contributed by atoms with Gasteiger partial charge in [0.15, 0.2) is 5.65 Å². The smallest absolute Gasteiger partial charge is 0.328 e. The molecule has 2 aromatic carbocycles. The summed E-state index contributed by atoms with van der Waals surface area (Å²) in [5, 5.41) is 6.51. The molecule has 0 saturated heterocycles. The fourth-order valence-electron chi connectivity index (χ4n) is 5.15. The van der Waals surface area contributed by atoms with Gasteiger partial charge in [-0.2, -0.15) is 0 Å². The lowest BCUT2D eigenvalue weighted by Crippen LogP contribution is -2.52. The number of benzene rings is 2. The number of nitrogens with zero attached hydrogens (tertiary/aromatic N) is 4. The molecular weight excluding hydrogens is 512 g/mol. The summed E-state index contributed by atoms with van der Waals surface area (Å²) in [6.07, 6.45) is 3.20. The minimum absolute atomic E-state index is 0.0611. The second-order valence-electron chi connectivity index (χ2n) is 10.0. The van der Waals surface area contributed by atoms with Crippen molar-refractivity contribution < 1.29 is 23.7 Å². The van der Waals surface area contributed by atoms with Crippen LogP contribution >= 0.6 is 0 Å². The van der Waals surface area contributed by atoms with Gasteiger partial charge in [0.1, 0.15) is 34.9 Å². The van der Waals surface area contributed by atoms with E-state index in [0.717, 1.165) is 46.8 Å². The first kappa shape index (κ1) is 25.8. The Morgan fingerprint density at radius 3 is 2.65 bits per heavy atom. The Bertz CT molecular complexity index is 1570. The molecule has 6 rings (SSSR count). The number of fused-ring (bicyclic) bond motifs is 4. The highest BCUT2D eigenvalue weighted by atomic mass is 16.5. The Kier molecular flexibility index (Phi) is 6.81. The number of aromatic nitrogens is 3. The first-order chi connectivity index (χ1) is 19.4. The summed E-state index contributed by atoms with van der Waals surface area (Å²) in [5.74, 6) is 2.71. The van der Waals surface area contributed by atoms with E-state index in [1.165, 1.54) is 10.9 Å². The van der Waals surface area contributed by atoms with Crippen LogP contribution in [0.4, 0.5) is 22.0 Å². The Balaban J connectivity index is 1.44. The van der Waals surface area contributed by atoms with Gasteiger partial charge in [0, 0.05) is 43.0 Å². The molecule has 0 spiro atoms. The predicted octanol–water partition coefficient (Wildman–Crippen LogP) is 4.46. The average Bonchev–Trinajstić information content (AvgIpc) is 3.38. The van der Waals surface area contributed by atoms with Gasteiger partial charge in [-0.15, -0.1) is 0 Å². The van der Waals surface area contributed by atoms with Crippen molar-refractivity contribution in [2.75, 3.05) is 38.6 Å². The Hall–Kier alpha value is -4.51. The minimum atomic E-state index is -0.284. The SMILES string of the molecule is COc1cc2cc(c1)Nc1cc(N(C)Cc3ccc(OC)cc3OC)c3ncn(c3n1)C(=O)N[C@@H]1CC[C@H]1OC2. The maximum Gasteiger partial charge on any atom is 0.328 e. The van der Waals surface area contributed by atoms with Crippen molar-refractivity contribution in [3.05, 3.63) is 59.9 Å². The largest absolute Gasteiger partial charge is 0.497 e. The number of hydrogen-bond donors (Lipinski definition) is 2. The van der Waals surface area contributed by atoms with Gasteiger partial charge in [-0.05, 0) is 42.7 Å². The quantitative estimate of drug-likeness (QED) is 0.363. The number of carbonyl (C=O) groups is 1. The highest BCUT2D eigenvalue weighted by molar-refractivity contribution is 5.95. The van der Waals surface area contributed by atoms with Crippen LogP contribution in [0, 0.1) is 0 Å². The number of hydrogen-bond acceptors (Lipinski definition) is 9. The molecule has 1 aliphatic heterocycles. The van der Waals surface area contributed by atoms with Gasteiger partial charge in [-0.3, -0.25) is 0 Å². The molecule has 4 aromatic rings. The number of carbonyl (C=O) groups excluding carboxylic acids is 1. The number of rotatable bonds is 6. The second kappa shape index (κ2) is 10.6. The number of amides is 1. The van der Waals surface area contributed by atoms with Crippen molar-refractivity contribution in [3.8, 4) is 17.2 Å². The molecule has 11 nitrogen and oxygen atoms in total. The van der Waals surface area contributed by atoms with Crippen LogP contribution < -0.4 is 29.7 Å². The normalized spacial score (nSPS) is 18.1. The van der Waals surface area contributed by atoms with Crippen molar-refractivity contribution in [1.82, 2.24) is 19.9 Å². The highest BCUT2D eigenvalue weighted by Crippen LogP contribution is 2.34. The van der Waals surface area contributed by atoms with Crippen LogP contribution in [0.1, 0.15) is 24.0 Å². The lowest BCUT2D eigenvalue weighted by molar-refractivity contribution is -0.0323. The molecule has 40 heavy (non-hydrogen) atoms. The fourth-order valence-corrected chi connectivity index (χ4v) is 5.15. The molecule has 2 aliphatic rings. The van der Waals surface area contributed by atoms with Gasteiger partial charge in [0.05, 0.1) is 45.8 Å². The molecule has 2 aromatic heterocycles. The Morgan fingerprint density at radius 1 is 1.05 bits per heavy atom. The van der Waals surface area contributed by atoms with Crippen LogP contribution in [0.5, 0.6) is 17.2 Å². The lowest BCUT2D eigenvalue weighted by atomic mass is 9.89. The molecular formula is C29H32N6O5. The molecule has 1 amide bonds. The molecule has 1 saturated carbocycles. The highest BCUT2D eigenvalue weighted by Gasteiger charge is 2.34. The van der Waals surface area contributed by atoms with Gasteiger partial charge >= 0.3 is 6.03 Å². The summed E-state index contributed by atoms with van der Waals surface area (Å²) < 4.78 is 24.2. The zero-order valence-corrected chi connectivity index (χ0v) is 22.9. The van der Waals surface area contributed by atoms with E-state index in [-0.39, 0.29) is 18.2 Å². The monoisotopic (exact) mass is 544 g/mol. The summed E-state index contributed by atoms with van der Waals surface area (Å²) in [6, 6.07) is 13.2. The van der Waals surface area contributed by atoms with Gasteiger partial charge in [0.2, 0.25) is 0 Å². The maximum absolute atomic E-state index is 13.4. The molecule has 1 fully saturated rings. The first-order valence-electron chi connectivity index (χ1n) is 13.1. The van der Waals surface area contributed by atoms with E-state index in [1.807, 2.05) is 49.5 Å². The van der Waals surface area contributed by atoms with Crippen molar-refractivity contribution in [2.45, 2.75) is 38.1 Å². The summed E-state index contributed by atoms with van der Waals surface area (Å²) in [5.41, 5.74) is 4.59. The molecule has 0 unspecified atom stereocenters. The first-order valence-corrected chi connectivity index (χ1v) is 13.1. The number of pyridine rings is 1. The topological polar surface area (TPSA) is 112 Å². The van der Waals surface area contributed by atoms with Gasteiger partial charge in [-0.25, -0.2) is 19.3 Å². The summed E-state index contributed by atoms with van der Waals surface area (Å²) in [6.45, 7) is 0.929. The van der Waals surface area contributed by atoms with Crippen LogP contribution in [-0.2, 0) is 17.9 Å². The van der Waals surface area contributed by atoms with Crippen LogP contribution in [-0.4, -0.2) is 61.1 Å². The molecule has 2 atom stereocenters. The number of ether oxygens (including phenoxy) is 4. The lowest BCUT2D eigenvalue weighted by Gasteiger charge is -2.36. The van der Waals surface area contributed by atoms with E-state index in [9.17, 15) is 4.79 Å². The van der Waals surface area contributed by atoms with E-state index in [0.29, 0.717) is 35.9 Å². The number of nitrogens with one attached hydrogen (secondary N) is 2. The number of imidazole rings is 1. The van der Waals surface area contributed by atoms with E-state index in [2.05, 4.69) is 20.5 Å². The van der Waals surface area contributed by atoms with Gasteiger partial charge in [0.25, 0.3) is 0 Å². The Labute approximate surface area is 232 Å². The molecule has 11 heteroatoms. The van der Waals surface area contributed by atoms with Crippen LogP contribution in [0.2, 0.25) is 0 Å². The number of anilines is 3. The summed E-state index contributed by atoms with van der Waals surface area (Å²) in [7, 11) is 6.88. The average molecular weight is 545 g/mol. The molecule has 0 radical (unpaired) electrons. The second-order valence-corrected chi connectivity index (χ2v) is 10.0. The van der Waals surface area contributed by atoms with Gasteiger partial charge in [-0.1, -0.05) is 0 Å². The zero-order chi connectivity index (χ0) is 27.8. The van der Waals surface area contributed by atoms with Crippen molar-refractivity contribution >= 4 is 34.4 Å². The van der Waals surface area contributed by atoms with Gasteiger partial charge < -0.3 is 34.5 Å². The number of methoxy groups -OCH3 is 3. The fraction of sp³-hybridized carbons (Fsp3) is 0.345. The molecule has 208 valence electrons. The summed E-state index contributed by atoms with van der Waals surface area (Å²) >= 11 is 0. The van der Waals surface area contributed by atoms with E-state index < -0.39 is 0 Å². The van der Waals surface area contributed by atoms with Crippen LogP contribution in [0.3, 0.4) is 0 Å². The van der Waals surface area contributed by atoms with Crippen LogP contribution in [0.25, 0.3) is 11.2 Å². The Morgan fingerprint density at radius 2 is 1.90 bits per heavy atom. The van der Waals surface area contributed by atoms with E-state index >= 15 is 0 Å². The maximum atomic E-state index is 13.4. The van der Waals surface area contributed by atoms with Crippen molar-refractivity contribution in [3.63, 3.8) is 0 Å². The van der Waals surface area contributed by atoms with Crippen molar-refractivity contribution in [1.29, 1.82) is 0 Å². The standard InChI is InChI=1S/C29H32N6O5/c1-34(14-18-5-6-20(37-2)12-25(18)39-4)23-13-26-31-19-9-17(10-21(11-19)38-3)15-40-24-8-7-22(24)32-29(36)35-16-30-27(23)28(35)33-26/h5-6,9-13,16,22,24H,7-8,14-15H2,1-4H3,(H,31,33)(H,32,36)/t22-,24-/m1/s1. The van der Waals surface area contributed by atoms with E-state index in [4.69, 9.17) is 23.9 Å². The van der Waals surface area contributed by atoms with Crippen molar-refractivity contribution in [2.24, 2.45) is 0 Å². The third-order valence-corrected chi connectivity index (χ3v) is 7.47. The zero-order valence-electron chi connectivity index (χ0n) is 22.9. The molecule has 2 N–H and O–H groups in total. The minimum Gasteiger partial charge on any atom is -0.497 e. The van der Waals surface area contributed by atoms with E-state index in [1.54, 1.807) is 21.3 Å². The molecule has 4 bridgehead atoms. The molecule has 1 aliphatic carbocycles. The molecule has 3 heterocycles. The van der Waals surface area contributed by atoms with Crippen LogP contribution in [0.15, 0.2) is 48.8 Å². The third-order valence-electron chi connectivity index (χ3n) is 7.47.